The second-order valence-electron chi connectivity index (χ2n) is 5.90. The highest BCUT2D eigenvalue weighted by atomic mass is 32.1. The molecule has 0 radical (unpaired) electrons. The van der Waals surface area contributed by atoms with E-state index in [0.29, 0.717) is 18.3 Å². The van der Waals surface area contributed by atoms with Gasteiger partial charge in [0.05, 0.1) is 6.61 Å². The van der Waals surface area contributed by atoms with Gasteiger partial charge in [-0.05, 0) is 72.3 Å². The van der Waals surface area contributed by atoms with Crippen LogP contribution in [-0.4, -0.2) is 37.1 Å². The van der Waals surface area contributed by atoms with Crippen LogP contribution in [0.3, 0.4) is 0 Å². The van der Waals surface area contributed by atoms with Crippen molar-refractivity contribution in [3.05, 3.63) is 46.7 Å². The summed E-state index contributed by atoms with van der Waals surface area (Å²) in [5, 5.41) is 4.34. The number of carbonyl (C=O) groups excluding carboxylic acids is 1. The zero-order valence-electron chi connectivity index (χ0n) is 13.9. The van der Waals surface area contributed by atoms with E-state index in [-0.39, 0.29) is 12.5 Å². The van der Waals surface area contributed by atoms with Crippen molar-refractivity contribution in [1.29, 1.82) is 0 Å². The fraction of sp³-hybridized carbons (Fsp3) is 0.421. The van der Waals surface area contributed by atoms with Crippen molar-refractivity contribution in [2.75, 3.05) is 26.3 Å². The number of carbonyl (C=O) groups is 1. The predicted molar refractivity (Wildman–Crippen MR) is 96.0 cm³/mol. The molecule has 0 saturated carbocycles. The number of hydrogen-bond donors (Lipinski definition) is 0. The van der Waals surface area contributed by atoms with Gasteiger partial charge < -0.3 is 14.4 Å². The molecule has 0 aliphatic carbocycles. The van der Waals surface area contributed by atoms with Crippen LogP contribution in [0.15, 0.2) is 41.1 Å². The van der Waals surface area contributed by atoms with Gasteiger partial charge >= 0.3 is 0 Å². The largest absolute Gasteiger partial charge is 0.494 e. The second kappa shape index (κ2) is 8.20. The van der Waals surface area contributed by atoms with Crippen LogP contribution in [0.25, 0.3) is 0 Å². The molecule has 1 aromatic heterocycles. The van der Waals surface area contributed by atoms with Crippen molar-refractivity contribution < 1.29 is 14.3 Å². The Labute approximate surface area is 147 Å². The summed E-state index contributed by atoms with van der Waals surface area (Å²) < 4.78 is 11.0. The third-order valence-corrected chi connectivity index (χ3v) is 5.06. The van der Waals surface area contributed by atoms with Crippen molar-refractivity contribution in [2.45, 2.75) is 25.7 Å². The van der Waals surface area contributed by atoms with Gasteiger partial charge in [-0.1, -0.05) is 0 Å². The molecule has 0 unspecified atom stereocenters. The molecule has 2 aromatic rings. The summed E-state index contributed by atoms with van der Waals surface area (Å²) in [6, 6.07) is 9.58. The summed E-state index contributed by atoms with van der Waals surface area (Å²) >= 11 is 1.74. The summed E-state index contributed by atoms with van der Waals surface area (Å²) in [4.78, 5) is 14.2. The third-order valence-electron chi connectivity index (χ3n) is 4.36. The molecule has 0 atom stereocenters. The number of benzene rings is 1. The lowest BCUT2D eigenvalue weighted by Gasteiger charge is -2.31. The molecule has 3 rings (SSSR count). The minimum absolute atomic E-state index is 0.0626. The number of likely N-dealkylation sites (tertiary alicyclic amines) is 1. The molecule has 4 nitrogen and oxygen atoms in total. The van der Waals surface area contributed by atoms with Crippen molar-refractivity contribution in [3.63, 3.8) is 0 Å². The van der Waals surface area contributed by atoms with Gasteiger partial charge in [-0.2, -0.15) is 11.3 Å². The maximum Gasteiger partial charge on any atom is 0.260 e. The molecule has 0 bridgehead atoms. The Morgan fingerprint density at radius 3 is 2.38 bits per heavy atom. The monoisotopic (exact) mass is 345 g/mol. The average molecular weight is 345 g/mol. The van der Waals surface area contributed by atoms with E-state index < -0.39 is 0 Å². The zero-order chi connectivity index (χ0) is 16.8. The Morgan fingerprint density at radius 1 is 1.12 bits per heavy atom. The first-order valence-electron chi connectivity index (χ1n) is 8.42. The van der Waals surface area contributed by atoms with Crippen LogP contribution in [0, 0.1) is 0 Å². The van der Waals surface area contributed by atoms with Crippen LogP contribution in [0.1, 0.15) is 31.2 Å². The molecular weight excluding hydrogens is 322 g/mol. The standard InChI is InChI=1S/C19H23NO3S/c1-2-22-17-3-5-18(6-4-17)23-13-19(21)20-10-7-15(8-11-20)16-9-12-24-14-16/h3-6,9,12,14-15H,2,7-8,10-11,13H2,1H3. The molecule has 1 aromatic carbocycles. The van der Waals surface area contributed by atoms with Crippen molar-refractivity contribution in [3.8, 4) is 11.5 Å². The minimum Gasteiger partial charge on any atom is -0.494 e. The summed E-state index contributed by atoms with van der Waals surface area (Å²) in [7, 11) is 0. The number of rotatable bonds is 6. The molecule has 24 heavy (non-hydrogen) atoms. The molecule has 1 saturated heterocycles. The Hall–Kier alpha value is -2.01. The van der Waals surface area contributed by atoms with E-state index in [9.17, 15) is 4.79 Å². The molecule has 1 aliphatic rings. The Kier molecular flexibility index (Phi) is 5.75. The first-order chi connectivity index (χ1) is 11.8. The van der Waals surface area contributed by atoms with Crippen molar-refractivity contribution in [2.24, 2.45) is 0 Å². The maximum absolute atomic E-state index is 12.3. The van der Waals surface area contributed by atoms with E-state index in [4.69, 9.17) is 9.47 Å². The molecule has 0 spiro atoms. The lowest BCUT2D eigenvalue weighted by molar-refractivity contribution is -0.134. The van der Waals surface area contributed by atoms with Crippen LogP contribution in [0.2, 0.25) is 0 Å². The quantitative estimate of drug-likeness (QED) is 0.796. The number of ether oxygens (including phenoxy) is 2. The number of hydrogen-bond acceptors (Lipinski definition) is 4. The molecule has 5 heteroatoms. The van der Waals surface area contributed by atoms with E-state index in [0.717, 1.165) is 31.7 Å². The highest BCUT2D eigenvalue weighted by Crippen LogP contribution is 2.29. The molecule has 1 fully saturated rings. The zero-order valence-corrected chi connectivity index (χ0v) is 14.8. The number of piperidine rings is 1. The fourth-order valence-electron chi connectivity index (χ4n) is 3.00. The lowest BCUT2D eigenvalue weighted by atomic mass is 9.91. The average Bonchev–Trinajstić information content (AvgIpc) is 3.16. The van der Waals surface area contributed by atoms with Gasteiger partial charge in [0.25, 0.3) is 5.91 Å². The number of nitrogens with zero attached hydrogens (tertiary/aromatic N) is 1. The van der Waals surface area contributed by atoms with Gasteiger partial charge in [-0.3, -0.25) is 4.79 Å². The molecule has 1 amide bonds. The lowest BCUT2D eigenvalue weighted by Crippen LogP contribution is -2.40. The van der Waals surface area contributed by atoms with Gasteiger partial charge in [0.15, 0.2) is 6.61 Å². The van der Waals surface area contributed by atoms with Gasteiger partial charge in [0.1, 0.15) is 11.5 Å². The van der Waals surface area contributed by atoms with E-state index in [1.54, 1.807) is 11.3 Å². The first-order valence-corrected chi connectivity index (χ1v) is 9.36. The summed E-state index contributed by atoms with van der Waals surface area (Å²) in [5.74, 6) is 2.16. The molecule has 0 N–H and O–H groups in total. The highest BCUT2D eigenvalue weighted by Gasteiger charge is 2.24. The van der Waals surface area contributed by atoms with Crippen LogP contribution in [-0.2, 0) is 4.79 Å². The fourth-order valence-corrected chi connectivity index (χ4v) is 3.75. The smallest absolute Gasteiger partial charge is 0.260 e. The van der Waals surface area contributed by atoms with Crippen LogP contribution < -0.4 is 9.47 Å². The summed E-state index contributed by atoms with van der Waals surface area (Å²) in [6.45, 7) is 4.31. The van der Waals surface area contributed by atoms with Gasteiger partial charge in [0.2, 0.25) is 0 Å². The molecular formula is C19H23NO3S. The van der Waals surface area contributed by atoms with E-state index in [1.165, 1.54) is 5.56 Å². The molecule has 128 valence electrons. The van der Waals surface area contributed by atoms with Crippen LogP contribution in [0.4, 0.5) is 0 Å². The Bertz CT molecular complexity index is 631. The topological polar surface area (TPSA) is 38.8 Å². The van der Waals surface area contributed by atoms with Crippen LogP contribution >= 0.6 is 11.3 Å². The van der Waals surface area contributed by atoms with Gasteiger partial charge in [-0.15, -0.1) is 0 Å². The Morgan fingerprint density at radius 2 is 1.79 bits per heavy atom. The molecule has 2 heterocycles. The minimum atomic E-state index is 0.0626. The maximum atomic E-state index is 12.3. The predicted octanol–water partition coefficient (Wildman–Crippen LogP) is 3.93. The number of thiophene rings is 1. The van der Waals surface area contributed by atoms with Crippen molar-refractivity contribution in [1.82, 2.24) is 4.90 Å². The van der Waals surface area contributed by atoms with E-state index in [2.05, 4.69) is 16.8 Å². The number of amides is 1. The van der Waals surface area contributed by atoms with Crippen molar-refractivity contribution >= 4 is 17.2 Å². The van der Waals surface area contributed by atoms with E-state index >= 15 is 0 Å². The normalized spacial score (nSPS) is 15.3. The summed E-state index contributed by atoms with van der Waals surface area (Å²) in [6.07, 6.45) is 2.07. The highest BCUT2D eigenvalue weighted by molar-refractivity contribution is 7.07. The van der Waals surface area contributed by atoms with E-state index in [1.807, 2.05) is 36.1 Å². The summed E-state index contributed by atoms with van der Waals surface area (Å²) in [5.41, 5.74) is 1.41. The Balaban J connectivity index is 1.44. The molecule has 1 aliphatic heterocycles. The van der Waals surface area contributed by atoms with Gasteiger partial charge in [0, 0.05) is 13.1 Å². The van der Waals surface area contributed by atoms with Crippen LogP contribution in [0.5, 0.6) is 11.5 Å². The SMILES string of the molecule is CCOc1ccc(OCC(=O)N2CCC(c3ccsc3)CC2)cc1. The third kappa shape index (κ3) is 4.29. The second-order valence-corrected chi connectivity index (χ2v) is 6.68. The van der Waals surface area contributed by atoms with Gasteiger partial charge in [-0.25, -0.2) is 0 Å². The first kappa shape index (κ1) is 16.8.